The van der Waals surface area contributed by atoms with E-state index in [9.17, 15) is 18.0 Å². The van der Waals surface area contributed by atoms with E-state index in [2.05, 4.69) is 10.3 Å². The van der Waals surface area contributed by atoms with Gasteiger partial charge in [-0.25, -0.2) is 4.98 Å². The van der Waals surface area contributed by atoms with Crippen LogP contribution >= 0.6 is 11.6 Å². The number of aliphatic hydroxyl groups is 1. The summed E-state index contributed by atoms with van der Waals surface area (Å²) in [7, 11) is 0. The molecule has 0 aliphatic carbocycles. The van der Waals surface area contributed by atoms with Crippen LogP contribution in [0.4, 0.5) is 18.9 Å². The predicted octanol–water partition coefficient (Wildman–Crippen LogP) is 4.80. The molecule has 0 spiro atoms. The van der Waals surface area contributed by atoms with Crippen LogP contribution in [0.2, 0.25) is 5.02 Å². The molecule has 3 aromatic rings. The second kappa shape index (κ2) is 10.5. The van der Waals surface area contributed by atoms with Crippen molar-refractivity contribution in [3.8, 4) is 17.0 Å². The molecule has 0 radical (unpaired) electrons. The van der Waals surface area contributed by atoms with Crippen molar-refractivity contribution in [2.75, 3.05) is 31.1 Å². The normalized spacial score (nSPS) is 15.8. The maximum Gasteiger partial charge on any atom is 0.417 e. The van der Waals surface area contributed by atoms with Gasteiger partial charge in [-0.3, -0.25) is 4.79 Å². The molecule has 2 aromatic carbocycles. The van der Waals surface area contributed by atoms with Gasteiger partial charge in [0.25, 0.3) is 5.91 Å². The Bertz CT molecular complexity index is 1190. The van der Waals surface area contributed by atoms with Crippen molar-refractivity contribution in [3.05, 3.63) is 76.9 Å². The summed E-state index contributed by atoms with van der Waals surface area (Å²) in [4.78, 5) is 18.7. The minimum absolute atomic E-state index is 0.111. The summed E-state index contributed by atoms with van der Waals surface area (Å²) in [5.41, 5.74) is 1.82. The first-order valence-corrected chi connectivity index (χ1v) is 11.4. The number of rotatable bonds is 7. The third-order valence-corrected chi connectivity index (χ3v) is 5.99. The van der Waals surface area contributed by atoms with Crippen LogP contribution in [0, 0.1) is 0 Å². The molecule has 1 atom stereocenters. The number of nitrogens with one attached hydrogen (secondary N) is 1. The summed E-state index contributed by atoms with van der Waals surface area (Å²) in [6, 6.07) is 14.9. The van der Waals surface area contributed by atoms with Crippen molar-refractivity contribution in [2.45, 2.75) is 18.7 Å². The number of pyridine rings is 1. The molecule has 0 bridgehead atoms. The number of benzene rings is 2. The first-order valence-electron chi connectivity index (χ1n) is 11.0. The van der Waals surface area contributed by atoms with E-state index in [0.29, 0.717) is 35.8 Å². The highest BCUT2D eigenvalue weighted by Crippen LogP contribution is 2.34. The van der Waals surface area contributed by atoms with Crippen molar-refractivity contribution >= 4 is 23.2 Å². The van der Waals surface area contributed by atoms with E-state index in [1.165, 1.54) is 6.07 Å². The summed E-state index contributed by atoms with van der Waals surface area (Å²) >= 11 is 6.34. The predicted molar refractivity (Wildman–Crippen MR) is 127 cm³/mol. The van der Waals surface area contributed by atoms with Gasteiger partial charge in [-0.2, -0.15) is 13.2 Å². The molecule has 1 aliphatic heterocycles. The summed E-state index contributed by atoms with van der Waals surface area (Å²) in [6.07, 6.45) is -3.42. The standard InChI is InChI=1S/C25H23ClF3N3O3/c26-21-4-2-1-3-19(21)16-5-7-22(20(13-16)24(34)30-10-12-33)32-11-9-18(15-32)35-23-8-6-17(14-31-23)25(27,28)29/h1-8,13-14,18,33H,9-12,15H2,(H,30,34)/t18-/m0/s1. The van der Waals surface area contributed by atoms with Gasteiger partial charge in [-0.05, 0) is 29.8 Å². The highest BCUT2D eigenvalue weighted by Gasteiger charge is 2.31. The Kier molecular flexibility index (Phi) is 7.47. The number of hydrogen-bond acceptors (Lipinski definition) is 5. The van der Waals surface area contributed by atoms with Crippen LogP contribution in [-0.2, 0) is 6.18 Å². The molecule has 1 saturated heterocycles. The number of aromatic nitrogens is 1. The van der Waals surface area contributed by atoms with Crippen molar-refractivity contribution in [3.63, 3.8) is 0 Å². The fraction of sp³-hybridized carbons (Fsp3) is 0.280. The zero-order chi connectivity index (χ0) is 25.0. The van der Waals surface area contributed by atoms with Gasteiger partial charge in [0, 0.05) is 48.0 Å². The SMILES string of the molecule is O=C(NCCO)c1cc(-c2ccccc2Cl)ccc1N1CC[C@H](Oc2ccc(C(F)(F)F)cn2)C1. The molecule has 6 nitrogen and oxygen atoms in total. The Morgan fingerprint density at radius 3 is 2.69 bits per heavy atom. The van der Waals surface area contributed by atoms with Crippen LogP contribution in [0.15, 0.2) is 60.8 Å². The molecular formula is C25H23ClF3N3O3. The van der Waals surface area contributed by atoms with E-state index in [4.69, 9.17) is 21.4 Å². The number of anilines is 1. The third kappa shape index (κ3) is 5.86. The molecule has 0 unspecified atom stereocenters. The minimum Gasteiger partial charge on any atom is -0.472 e. The number of nitrogens with zero attached hydrogens (tertiary/aromatic N) is 2. The third-order valence-electron chi connectivity index (χ3n) is 5.66. The van der Waals surface area contributed by atoms with Crippen molar-refractivity contribution in [2.24, 2.45) is 0 Å². The number of halogens is 4. The summed E-state index contributed by atoms with van der Waals surface area (Å²) < 4.78 is 44.1. The number of amides is 1. The molecule has 1 fully saturated rings. The van der Waals surface area contributed by atoms with E-state index in [1.807, 2.05) is 35.2 Å². The van der Waals surface area contributed by atoms with Crippen LogP contribution in [0.1, 0.15) is 22.3 Å². The van der Waals surface area contributed by atoms with Crippen LogP contribution in [-0.4, -0.2) is 48.3 Å². The molecule has 1 aliphatic rings. The number of hydrogen-bond donors (Lipinski definition) is 2. The van der Waals surface area contributed by atoms with E-state index in [-0.39, 0.29) is 31.0 Å². The van der Waals surface area contributed by atoms with Gasteiger partial charge in [0.1, 0.15) is 6.10 Å². The van der Waals surface area contributed by atoms with Crippen molar-refractivity contribution in [1.82, 2.24) is 10.3 Å². The minimum atomic E-state index is -4.46. The molecule has 35 heavy (non-hydrogen) atoms. The maximum atomic E-state index is 12.9. The first-order chi connectivity index (χ1) is 16.8. The topological polar surface area (TPSA) is 74.7 Å². The van der Waals surface area contributed by atoms with Crippen molar-refractivity contribution < 1.29 is 27.8 Å². The lowest BCUT2D eigenvalue weighted by Gasteiger charge is -2.23. The van der Waals surface area contributed by atoms with Gasteiger partial charge in [0.15, 0.2) is 0 Å². The molecule has 1 amide bonds. The Hall–Kier alpha value is -3.30. The molecular weight excluding hydrogens is 483 g/mol. The molecule has 2 heterocycles. The zero-order valence-corrected chi connectivity index (χ0v) is 19.3. The van der Waals surface area contributed by atoms with Gasteiger partial charge < -0.3 is 20.1 Å². The fourth-order valence-corrected chi connectivity index (χ4v) is 4.20. The van der Waals surface area contributed by atoms with Crippen LogP contribution in [0.25, 0.3) is 11.1 Å². The lowest BCUT2D eigenvalue weighted by molar-refractivity contribution is -0.137. The van der Waals surface area contributed by atoms with Crippen LogP contribution in [0.5, 0.6) is 5.88 Å². The Morgan fingerprint density at radius 2 is 2.00 bits per heavy atom. The second-order valence-corrected chi connectivity index (χ2v) is 8.46. The molecule has 10 heteroatoms. The highest BCUT2D eigenvalue weighted by molar-refractivity contribution is 6.33. The fourth-order valence-electron chi connectivity index (χ4n) is 3.95. The molecule has 1 aromatic heterocycles. The summed E-state index contributed by atoms with van der Waals surface area (Å²) in [5, 5.41) is 12.4. The average molecular weight is 506 g/mol. The quantitative estimate of drug-likeness (QED) is 0.482. The molecule has 184 valence electrons. The second-order valence-electron chi connectivity index (χ2n) is 8.05. The number of aliphatic hydroxyl groups excluding tert-OH is 1. The van der Waals surface area contributed by atoms with Crippen molar-refractivity contribution in [1.29, 1.82) is 0 Å². The average Bonchev–Trinajstić information content (AvgIpc) is 3.30. The Balaban J connectivity index is 1.54. The van der Waals surface area contributed by atoms with Gasteiger partial charge in [-0.15, -0.1) is 0 Å². The van der Waals surface area contributed by atoms with E-state index in [1.54, 1.807) is 12.1 Å². The largest absolute Gasteiger partial charge is 0.472 e. The zero-order valence-electron chi connectivity index (χ0n) is 18.6. The van der Waals surface area contributed by atoms with E-state index in [0.717, 1.165) is 23.4 Å². The molecule has 2 N–H and O–H groups in total. The van der Waals surface area contributed by atoms with Gasteiger partial charge >= 0.3 is 6.18 Å². The van der Waals surface area contributed by atoms with Gasteiger partial charge in [-0.1, -0.05) is 35.9 Å². The lowest BCUT2D eigenvalue weighted by atomic mass is 10.0. The molecule has 4 rings (SSSR count). The lowest BCUT2D eigenvalue weighted by Crippen LogP contribution is -2.30. The number of ether oxygens (including phenoxy) is 1. The summed E-state index contributed by atoms with van der Waals surface area (Å²) in [5.74, 6) is -0.225. The maximum absolute atomic E-state index is 12.9. The van der Waals surface area contributed by atoms with Crippen LogP contribution < -0.4 is 15.0 Å². The number of carbonyl (C=O) groups is 1. The van der Waals surface area contributed by atoms with E-state index < -0.39 is 11.7 Å². The first kappa shape index (κ1) is 24.8. The Labute approximate surface area is 205 Å². The monoisotopic (exact) mass is 505 g/mol. The van der Waals surface area contributed by atoms with Gasteiger partial charge in [0.2, 0.25) is 5.88 Å². The smallest absolute Gasteiger partial charge is 0.417 e. The molecule has 0 saturated carbocycles. The van der Waals surface area contributed by atoms with E-state index >= 15 is 0 Å². The summed E-state index contributed by atoms with van der Waals surface area (Å²) in [6.45, 7) is 0.927. The number of alkyl halides is 3. The van der Waals surface area contributed by atoms with Gasteiger partial charge in [0.05, 0.1) is 24.3 Å². The van der Waals surface area contributed by atoms with Crippen LogP contribution in [0.3, 0.4) is 0 Å². The number of carbonyl (C=O) groups excluding carboxylic acids is 1. The highest BCUT2D eigenvalue weighted by atomic mass is 35.5. The Morgan fingerprint density at radius 1 is 1.20 bits per heavy atom.